The van der Waals surface area contributed by atoms with Crippen LogP contribution in [0.3, 0.4) is 0 Å². The molecule has 0 aromatic carbocycles. The molecule has 0 aliphatic carbocycles. The molecule has 2 atom stereocenters. The van der Waals surface area contributed by atoms with Gasteiger partial charge in [0, 0.05) is 43.5 Å². The lowest BCUT2D eigenvalue weighted by molar-refractivity contribution is 0.266. The first-order valence-electron chi connectivity index (χ1n) is 7.57. The summed E-state index contributed by atoms with van der Waals surface area (Å²) in [5.41, 5.74) is 1.30. The van der Waals surface area contributed by atoms with Crippen LogP contribution in [-0.2, 0) is 6.54 Å². The fourth-order valence-electron chi connectivity index (χ4n) is 2.96. The van der Waals surface area contributed by atoms with E-state index in [4.69, 9.17) is 0 Å². The Balaban J connectivity index is 2.13. The molecule has 4 heteroatoms. The van der Waals surface area contributed by atoms with Crippen molar-refractivity contribution in [2.45, 2.75) is 39.4 Å². The topological polar surface area (TPSA) is 31.4 Å². The maximum Gasteiger partial charge on any atom is 0.133 e. The maximum atomic E-state index is 4.63. The van der Waals surface area contributed by atoms with Crippen LogP contribution in [0, 0.1) is 5.92 Å². The summed E-state index contributed by atoms with van der Waals surface area (Å²) in [4.78, 5) is 9.40. The van der Waals surface area contributed by atoms with E-state index >= 15 is 0 Å². The lowest BCUT2D eigenvalue weighted by Crippen LogP contribution is -2.34. The Morgan fingerprint density at radius 2 is 2.15 bits per heavy atom. The van der Waals surface area contributed by atoms with Gasteiger partial charge < -0.3 is 15.1 Å². The van der Waals surface area contributed by atoms with Crippen molar-refractivity contribution in [3.8, 4) is 0 Å². The van der Waals surface area contributed by atoms with E-state index < -0.39 is 0 Å². The molecule has 2 heterocycles. The van der Waals surface area contributed by atoms with Gasteiger partial charge in [0.15, 0.2) is 0 Å². The Bertz CT molecular complexity index is 430. The Morgan fingerprint density at radius 1 is 1.40 bits per heavy atom. The van der Waals surface area contributed by atoms with E-state index in [-0.39, 0.29) is 0 Å². The predicted octanol–water partition coefficient (Wildman–Crippen LogP) is 1.97. The van der Waals surface area contributed by atoms with E-state index in [9.17, 15) is 0 Å². The summed E-state index contributed by atoms with van der Waals surface area (Å²) >= 11 is 0. The number of pyridine rings is 1. The molecule has 0 radical (unpaired) electrons. The molecule has 1 aromatic rings. The zero-order valence-electron chi connectivity index (χ0n) is 13.4. The molecule has 0 amide bonds. The van der Waals surface area contributed by atoms with Gasteiger partial charge in [-0.1, -0.05) is 26.8 Å². The summed E-state index contributed by atoms with van der Waals surface area (Å²) in [6.45, 7) is 9.73. The second-order valence-corrected chi connectivity index (χ2v) is 6.43. The summed E-state index contributed by atoms with van der Waals surface area (Å²) in [5.74, 6) is 1.83. The molecular formula is C16H28N4. The maximum absolute atomic E-state index is 4.63. The number of hydrogen-bond acceptors (Lipinski definition) is 4. The van der Waals surface area contributed by atoms with Crippen molar-refractivity contribution >= 4 is 5.82 Å². The second kappa shape index (κ2) is 6.55. The quantitative estimate of drug-likeness (QED) is 0.891. The molecule has 1 fully saturated rings. The number of nitrogens with one attached hydrogen (secondary N) is 1. The highest BCUT2D eigenvalue weighted by Gasteiger charge is 2.32. The Morgan fingerprint density at radius 3 is 2.75 bits per heavy atom. The number of aromatic nitrogens is 1. The van der Waals surface area contributed by atoms with Gasteiger partial charge in [0.25, 0.3) is 0 Å². The predicted molar refractivity (Wildman–Crippen MR) is 85.1 cm³/mol. The van der Waals surface area contributed by atoms with Crippen molar-refractivity contribution in [3.63, 3.8) is 0 Å². The molecule has 1 N–H and O–H groups in total. The summed E-state index contributed by atoms with van der Waals surface area (Å²) in [7, 11) is 4.34. The number of anilines is 1. The third kappa shape index (κ3) is 3.49. The number of nitrogens with zero attached hydrogens (tertiary/aromatic N) is 3. The van der Waals surface area contributed by atoms with Gasteiger partial charge in [-0.25, -0.2) is 4.98 Å². The number of hydrogen-bond donors (Lipinski definition) is 1. The zero-order chi connectivity index (χ0) is 14.7. The molecule has 1 saturated heterocycles. The van der Waals surface area contributed by atoms with Gasteiger partial charge >= 0.3 is 0 Å². The molecule has 20 heavy (non-hydrogen) atoms. The normalized spacial score (nSPS) is 23.1. The second-order valence-electron chi connectivity index (χ2n) is 6.43. The van der Waals surface area contributed by atoms with Crippen molar-refractivity contribution in [2.24, 2.45) is 5.92 Å². The van der Waals surface area contributed by atoms with Crippen LogP contribution in [0.2, 0.25) is 0 Å². The lowest BCUT2D eigenvalue weighted by Gasteiger charge is -2.23. The molecule has 112 valence electrons. The van der Waals surface area contributed by atoms with Crippen molar-refractivity contribution in [3.05, 3.63) is 23.9 Å². The van der Waals surface area contributed by atoms with Gasteiger partial charge in [0.2, 0.25) is 0 Å². The molecule has 1 aromatic heterocycles. The van der Waals surface area contributed by atoms with Crippen molar-refractivity contribution in [1.82, 2.24) is 15.2 Å². The number of rotatable bonds is 5. The fraction of sp³-hybridized carbons (Fsp3) is 0.688. The van der Waals surface area contributed by atoms with Crippen LogP contribution in [0.5, 0.6) is 0 Å². The van der Waals surface area contributed by atoms with E-state index in [2.05, 4.69) is 61.0 Å². The van der Waals surface area contributed by atoms with E-state index in [0.29, 0.717) is 18.0 Å². The first kappa shape index (κ1) is 15.3. The zero-order valence-corrected chi connectivity index (χ0v) is 13.4. The van der Waals surface area contributed by atoms with E-state index in [1.807, 2.05) is 12.3 Å². The summed E-state index contributed by atoms with van der Waals surface area (Å²) in [5, 5.41) is 3.49. The third-order valence-electron chi connectivity index (χ3n) is 4.10. The molecule has 4 nitrogen and oxygen atoms in total. The average molecular weight is 276 g/mol. The molecule has 0 spiro atoms. The van der Waals surface area contributed by atoms with Crippen molar-refractivity contribution in [1.29, 1.82) is 0 Å². The highest BCUT2D eigenvalue weighted by molar-refractivity contribution is 5.48. The highest BCUT2D eigenvalue weighted by Crippen LogP contribution is 2.27. The van der Waals surface area contributed by atoms with Gasteiger partial charge in [-0.2, -0.15) is 0 Å². The minimum Gasteiger partial charge on any atom is -0.354 e. The highest BCUT2D eigenvalue weighted by atomic mass is 15.3. The van der Waals surface area contributed by atoms with E-state index in [1.54, 1.807) is 0 Å². The molecular weight excluding hydrogens is 248 g/mol. The van der Waals surface area contributed by atoms with Crippen LogP contribution < -0.4 is 10.2 Å². The Kier molecular flexibility index (Phi) is 5.00. The van der Waals surface area contributed by atoms with Crippen LogP contribution in [0.4, 0.5) is 5.82 Å². The molecule has 2 rings (SSSR count). The van der Waals surface area contributed by atoms with Crippen molar-refractivity contribution in [2.75, 3.05) is 32.1 Å². The standard InChI is InChI=1S/C16H28N4/c1-12(2)18-9-14-7-6-8-17-16(14)20-10-13(3)15(11-20)19(4)5/h6-8,12-13,15,18H,9-11H2,1-5H3. The van der Waals surface area contributed by atoms with Crippen LogP contribution in [0.15, 0.2) is 18.3 Å². The van der Waals surface area contributed by atoms with Crippen LogP contribution in [0.25, 0.3) is 0 Å². The Labute approximate surface area is 123 Å². The fourth-order valence-corrected chi connectivity index (χ4v) is 2.96. The van der Waals surface area contributed by atoms with E-state index in [0.717, 1.165) is 25.5 Å². The first-order valence-corrected chi connectivity index (χ1v) is 7.57. The monoisotopic (exact) mass is 276 g/mol. The molecule has 2 unspecified atom stereocenters. The largest absolute Gasteiger partial charge is 0.354 e. The molecule has 1 aliphatic rings. The molecule has 0 saturated carbocycles. The third-order valence-corrected chi connectivity index (χ3v) is 4.10. The molecule has 0 bridgehead atoms. The van der Waals surface area contributed by atoms with Gasteiger partial charge in [0.05, 0.1) is 0 Å². The summed E-state index contributed by atoms with van der Waals surface area (Å²) in [6, 6.07) is 5.33. The first-order chi connectivity index (χ1) is 9.49. The van der Waals surface area contributed by atoms with E-state index in [1.165, 1.54) is 5.56 Å². The van der Waals surface area contributed by atoms with Gasteiger partial charge in [-0.05, 0) is 26.1 Å². The lowest BCUT2D eigenvalue weighted by atomic mass is 10.1. The van der Waals surface area contributed by atoms with Crippen LogP contribution in [0.1, 0.15) is 26.3 Å². The Hall–Kier alpha value is -1.13. The van der Waals surface area contributed by atoms with Crippen LogP contribution in [-0.4, -0.2) is 49.2 Å². The van der Waals surface area contributed by atoms with Gasteiger partial charge in [-0.3, -0.25) is 0 Å². The van der Waals surface area contributed by atoms with Crippen LogP contribution >= 0.6 is 0 Å². The summed E-state index contributed by atoms with van der Waals surface area (Å²) in [6.07, 6.45) is 1.90. The molecule has 1 aliphatic heterocycles. The minimum absolute atomic E-state index is 0.495. The van der Waals surface area contributed by atoms with Crippen molar-refractivity contribution < 1.29 is 0 Å². The van der Waals surface area contributed by atoms with Gasteiger partial charge in [0.1, 0.15) is 5.82 Å². The summed E-state index contributed by atoms with van der Waals surface area (Å²) < 4.78 is 0. The minimum atomic E-state index is 0.495. The average Bonchev–Trinajstić information content (AvgIpc) is 2.79. The van der Waals surface area contributed by atoms with Gasteiger partial charge in [-0.15, -0.1) is 0 Å². The SMILES string of the molecule is CC(C)NCc1cccnc1N1CC(C)C(N(C)C)C1. The smallest absolute Gasteiger partial charge is 0.133 e. The number of likely N-dealkylation sites (N-methyl/N-ethyl adjacent to an activating group) is 1.